The number of nitrogens with zero attached hydrogens (tertiary/aromatic N) is 3. The van der Waals surface area contributed by atoms with E-state index in [1.807, 2.05) is 47.9 Å². The molecule has 0 atom stereocenters. The Hall–Kier alpha value is -2.87. The van der Waals surface area contributed by atoms with Gasteiger partial charge in [-0.05, 0) is 38.1 Å². The van der Waals surface area contributed by atoms with E-state index in [-0.39, 0.29) is 12.5 Å². The van der Waals surface area contributed by atoms with Gasteiger partial charge in [-0.15, -0.1) is 11.3 Å². The van der Waals surface area contributed by atoms with Crippen molar-refractivity contribution < 1.29 is 9.53 Å². The van der Waals surface area contributed by atoms with Gasteiger partial charge in [0.05, 0.1) is 31.3 Å². The Bertz CT molecular complexity index is 911. The zero-order chi connectivity index (χ0) is 17.8. The van der Waals surface area contributed by atoms with Crippen LogP contribution >= 0.6 is 11.3 Å². The maximum atomic E-state index is 11.9. The van der Waals surface area contributed by atoms with Gasteiger partial charge in [0.25, 0.3) is 5.91 Å². The number of hydrogen-bond donors (Lipinski definition) is 2. The molecule has 3 aromatic rings. The highest BCUT2D eigenvalue weighted by molar-refractivity contribution is 7.15. The fourth-order valence-corrected chi connectivity index (χ4v) is 3.29. The van der Waals surface area contributed by atoms with Gasteiger partial charge in [-0.25, -0.2) is 10.4 Å². The van der Waals surface area contributed by atoms with E-state index < -0.39 is 0 Å². The van der Waals surface area contributed by atoms with Crippen molar-refractivity contribution in [3.05, 3.63) is 46.7 Å². The number of carbonyl (C=O) groups excluding carboxylic acids is 1. The van der Waals surface area contributed by atoms with Crippen LogP contribution in [0.5, 0.6) is 5.75 Å². The Labute approximate surface area is 149 Å². The summed E-state index contributed by atoms with van der Waals surface area (Å²) >= 11 is 1.58. The molecule has 0 spiro atoms. The number of anilines is 1. The van der Waals surface area contributed by atoms with Crippen LogP contribution in [0.2, 0.25) is 0 Å². The monoisotopic (exact) mass is 357 g/mol. The average Bonchev–Trinajstić information content (AvgIpc) is 3.13. The molecule has 0 unspecified atom stereocenters. The number of amides is 1. The second-order valence-electron chi connectivity index (χ2n) is 5.45. The van der Waals surface area contributed by atoms with Crippen LogP contribution in [0.1, 0.15) is 17.1 Å². The van der Waals surface area contributed by atoms with E-state index >= 15 is 0 Å². The lowest BCUT2D eigenvalue weighted by Crippen LogP contribution is -2.26. The highest BCUT2D eigenvalue weighted by atomic mass is 32.1. The van der Waals surface area contributed by atoms with Gasteiger partial charge >= 0.3 is 0 Å². The molecule has 0 aliphatic carbocycles. The van der Waals surface area contributed by atoms with Gasteiger partial charge in [-0.2, -0.15) is 5.10 Å². The van der Waals surface area contributed by atoms with E-state index in [2.05, 4.69) is 20.8 Å². The number of rotatable bonds is 6. The summed E-state index contributed by atoms with van der Waals surface area (Å²) in [6, 6.07) is 7.35. The minimum atomic E-state index is -0.229. The van der Waals surface area contributed by atoms with E-state index in [0.29, 0.717) is 0 Å². The van der Waals surface area contributed by atoms with Crippen molar-refractivity contribution in [1.29, 1.82) is 0 Å². The summed E-state index contributed by atoms with van der Waals surface area (Å²) in [6.07, 6.45) is 1.63. The molecule has 0 aliphatic rings. The molecule has 0 bridgehead atoms. The van der Waals surface area contributed by atoms with Gasteiger partial charge in [0.2, 0.25) is 0 Å². The van der Waals surface area contributed by atoms with Crippen LogP contribution in [0.15, 0.2) is 34.7 Å². The number of hydrogen-bond acceptors (Lipinski definition) is 6. The quantitative estimate of drug-likeness (QED) is 0.525. The first-order chi connectivity index (χ1) is 12.1. The molecular formula is C17H19N5O2S. The number of benzene rings is 1. The summed E-state index contributed by atoms with van der Waals surface area (Å²) < 4.78 is 7.11. The Balaban J connectivity index is 1.56. The Morgan fingerprint density at radius 3 is 2.84 bits per heavy atom. The number of nitrogens with one attached hydrogen (secondary N) is 2. The van der Waals surface area contributed by atoms with Gasteiger partial charge in [0, 0.05) is 16.8 Å². The zero-order valence-corrected chi connectivity index (χ0v) is 15.1. The van der Waals surface area contributed by atoms with Crippen LogP contribution in [0.3, 0.4) is 0 Å². The SMILES string of the molecule is COc1ccc(NCC(=O)N/N=C\c2c(C)nc3scc(C)n23)cc1. The number of thiazole rings is 1. The molecule has 0 aliphatic heterocycles. The number of fused-ring (bicyclic) bond motifs is 1. The molecule has 2 heterocycles. The third kappa shape index (κ3) is 3.80. The normalized spacial score (nSPS) is 11.2. The first-order valence-corrected chi connectivity index (χ1v) is 8.59. The molecule has 1 aromatic carbocycles. The molecule has 0 saturated heterocycles. The van der Waals surface area contributed by atoms with Gasteiger partial charge in [-0.3, -0.25) is 9.20 Å². The third-order valence-corrected chi connectivity index (χ3v) is 4.62. The summed E-state index contributed by atoms with van der Waals surface area (Å²) in [5, 5.41) is 9.11. The van der Waals surface area contributed by atoms with Gasteiger partial charge in [0.15, 0.2) is 4.96 Å². The lowest BCUT2D eigenvalue weighted by Gasteiger charge is -2.06. The largest absolute Gasteiger partial charge is 0.497 e. The van der Waals surface area contributed by atoms with E-state index in [0.717, 1.165) is 33.5 Å². The molecule has 2 aromatic heterocycles. The van der Waals surface area contributed by atoms with Gasteiger partial charge in [0.1, 0.15) is 5.75 Å². The van der Waals surface area contributed by atoms with Crippen molar-refractivity contribution in [2.24, 2.45) is 5.10 Å². The van der Waals surface area contributed by atoms with Crippen molar-refractivity contribution in [3.63, 3.8) is 0 Å². The maximum Gasteiger partial charge on any atom is 0.259 e. The number of imidazole rings is 1. The second-order valence-corrected chi connectivity index (χ2v) is 6.29. The maximum absolute atomic E-state index is 11.9. The van der Waals surface area contributed by atoms with Crippen molar-refractivity contribution in [2.45, 2.75) is 13.8 Å². The smallest absolute Gasteiger partial charge is 0.259 e. The number of aryl methyl sites for hydroxylation is 2. The highest BCUT2D eigenvalue weighted by Crippen LogP contribution is 2.19. The van der Waals surface area contributed by atoms with Crippen LogP contribution in [0.25, 0.3) is 4.96 Å². The Morgan fingerprint density at radius 1 is 1.36 bits per heavy atom. The molecule has 25 heavy (non-hydrogen) atoms. The topological polar surface area (TPSA) is 80.0 Å². The Kier molecular flexibility index (Phi) is 4.99. The van der Waals surface area contributed by atoms with E-state index in [1.165, 1.54) is 0 Å². The van der Waals surface area contributed by atoms with Crippen molar-refractivity contribution in [1.82, 2.24) is 14.8 Å². The van der Waals surface area contributed by atoms with Crippen LogP contribution < -0.4 is 15.5 Å². The van der Waals surface area contributed by atoms with Gasteiger partial charge in [-0.1, -0.05) is 0 Å². The number of aromatic nitrogens is 2. The predicted molar refractivity (Wildman–Crippen MR) is 99.8 cm³/mol. The summed E-state index contributed by atoms with van der Waals surface area (Å²) in [6.45, 7) is 4.06. The third-order valence-electron chi connectivity index (χ3n) is 3.67. The van der Waals surface area contributed by atoms with Crippen LogP contribution in [0, 0.1) is 13.8 Å². The number of carbonyl (C=O) groups is 1. The molecule has 0 saturated carbocycles. The molecule has 3 rings (SSSR count). The molecule has 0 fully saturated rings. The second kappa shape index (κ2) is 7.35. The first-order valence-electron chi connectivity index (χ1n) is 7.71. The first kappa shape index (κ1) is 17.0. The molecule has 2 N–H and O–H groups in total. The lowest BCUT2D eigenvalue weighted by molar-refractivity contribution is -0.119. The van der Waals surface area contributed by atoms with Crippen molar-refractivity contribution >= 4 is 34.1 Å². The van der Waals surface area contributed by atoms with Gasteiger partial charge < -0.3 is 10.1 Å². The van der Waals surface area contributed by atoms with Crippen LogP contribution in [0.4, 0.5) is 5.69 Å². The summed E-state index contributed by atoms with van der Waals surface area (Å²) in [4.78, 5) is 17.3. The Morgan fingerprint density at radius 2 is 2.12 bits per heavy atom. The van der Waals surface area contributed by atoms with E-state index in [9.17, 15) is 4.79 Å². The average molecular weight is 357 g/mol. The zero-order valence-electron chi connectivity index (χ0n) is 14.2. The fraction of sp³-hybridized carbons (Fsp3) is 0.235. The van der Waals surface area contributed by atoms with Crippen LogP contribution in [-0.4, -0.2) is 35.2 Å². The molecule has 130 valence electrons. The van der Waals surface area contributed by atoms with Crippen molar-refractivity contribution in [3.8, 4) is 5.75 Å². The lowest BCUT2D eigenvalue weighted by atomic mass is 10.3. The molecule has 1 amide bonds. The molecule has 8 heteroatoms. The highest BCUT2D eigenvalue weighted by Gasteiger charge is 2.10. The van der Waals surface area contributed by atoms with E-state index in [4.69, 9.17) is 4.74 Å². The number of hydrazone groups is 1. The molecule has 0 radical (unpaired) electrons. The van der Waals surface area contributed by atoms with Crippen LogP contribution in [-0.2, 0) is 4.79 Å². The summed E-state index contributed by atoms with van der Waals surface area (Å²) in [5.41, 5.74) is 6.20. The van der Waals surface area contributed by atoms with E-state index in [1.54, 1.807) is 24.7 Å². The molecule has 7 nitrogen and oxygen atoms in total. The standard InChI is InChI=1S/C17H19N5O2S/c1-11-10-25-17-20-12(2)15(22(11)17)8-19-21-16(23)9-18-13-4-6-14(24-3)7-5-13/h4-8,10,18H,9H2,1-3H3,(H,21,23)/b19-8-. The number of ether oxygens (including phenoxy) is 1. The predicted octanol–water partition coefficient (Wildman–Crippen LogP) is 2.58. The summed E-state index contributed by atoms with van der Waals surface area (Å²) in [5.74, 6) is 0.540. The minimum Gasteiger partial charge on any atom is -0.497 e. The number of methoxy groups -OCH3 is 1. The summed E-state index contributed by atoms with van der Waals surface area (Å²) in [7, 11) is 1.61. The van der Waals surface area contributed by atoms with Crippen molar-refractivity contribution in [2.75, 3.05) is 19.0 Å². The fourth-order valence-electron chi connectivity index (χ4n) is 2.37. The molecular weight excluding hydrogens is 338 g/mol. The minimum absolute atomic E-state index is 0.127.